The molecule has 1 N–H and O–H groups in total. The molecule has 1 aliphatic rings. The summed E-state index contributed by atoms with van der Waals surface area (Å²) in [4.78, 5) is 10.9. The normalized spacial score (nSPS) is 28.5. The molecule has 1 aliphatic heterocycles. The van der Waals surface area contributed by atoms with Gasteiger partial charge in [-0.1, -0.05) is 34.8 Å². The smallest absolute Gasteiger partial charge is 0.251 e. The van der Waals surface area contributed by atoms with E-state index in [1.165, 1.54) is 0 Å². The minimum absolute atomic E-state index is 0.0935. The number of carbonyl (C=O) groups is 1. The van der Waals surface area contributed by atoms with Crippen LogP contribution in [0.3, 0.4) is 0 Å². The Morgan fingerprint density at radius 3 is 2.42 bits per heavy atom. The van der Waals surface area contributed by atoms with Crippen LogP contribution in [-0.4, -0.2) is 18.2 Å². The standard InChI is InChI=1S/C6H6Cl3NO2/c1-2-5(11)10-6(12-2)3(7)4(8)9/h2,6H,1H3,(H,10,11)/t2-,6-/m1/s1. The first-order valence-corrected chi connectivity index (χ1v) is 4.32. The van der Waals surface area contributed by atoms with Crippen LogP contribution in [-0.2, 0) is 9.53 Å². The minimum Gasteiger partial charge on any atom is -0.340 e. The predicted octanol–water partition coefficient (Wildman–Crippen LogP) is 1.73. The number of nitrogens with one attached hydrogen (secondary N) is 1. The molecule has 0 aromatic heterocycles. The van der Waals surface area contributed by atoms with Gasteiger partial charge in [-0.05, 0) is 6.92 Å². The molecule has 1 amide bonds. The van der Waals surface area contributed by atoms with Crippen LogP contribution >= 0.6 is 34.8 Å². The van der Waals surface area contributed by atoms with Gasteiger partial charge in [0.2, 0.25) is 0 Å². The molecule has 0 saturated carbocycles. The molecule has 1 rings (SSSR count). The Morgan fingerprint density at radius 2 is 2.08 bits per heavy atom. The number of hydrogen-bond acceptors (Lipinski definition) is 2. The zero-order valence-corrected chi connectivity index (χ0v) is 8.37. The maximum absolute atomic E-state index is 10.9. The number of amides is 1. The van der Waals surface area contributed by atoms with Crippen molar-refractivity contribution in [1.29, 1.82) is 0 Å². The molecule has 6 heteroatoms. The number of rotatable bonds is 1. The highest BCUT2D eigenvalue weighted by atomic mass is 35.5. The van der Waals surface area contributed by atoms with Gasteiger partial charge in [0, 0.05) is 0 Å². The van der Waals surface area contributed by atoms with Crippen molar-refractivity contribution >= 4 is 40.7 Å². The summed E-state index contributed by atoms with van der Waals surface area (Å²) in [6, 6.07) is 0. The topological polar surface area (TPSA) is 38.3 Å². The first-order valence-electron chi connectivity index (χ1n) is 3.19. The molecule has 0 radical (unpaired) electrons. The monoisotopic (exact) mass is 229 g/mol. The predicted molar refractivity (Wildman–Crippen MR) is 47.1 cm³/mol. The van der Waals surface area contributed by atoms with Crippen LogP contribution < -0.4 is 5.32 Å². The Labute approximate surface area is 84.6 Å². The first kappa shape index (κ1) is 10.1. The van der Waals surface area contributed by atoms with Crippen LogP contribution in [0.1, 0.15) is 6.92 Å². The number of hydrogen-bond donors (Lipinski definition) is 1. The fourth-order valence-corrected chi connectivity index (χ4v) is 1.07. The average molecular weight is 230 g/mol. The summed E-state index contributed by atoms with van der Waals surface area (Å²) in [5.41, 5.74) is 0. The fraction of sp³-hybridized carbons (Fsp3) is 0.500. The van der Waals surface area contributed by atoms with Crippen LogP contribution in [0.2, 0.25) is 0 Å². The van der Waals surface area contributed by atoms with E-state index in [2.05, 4.69) is 5.32 Å². The molecule has 1 saturated heterocycles. The summed E-state index contributed by atoms with van der Waals surface area (Å²) in [5, 5.41) is 2.56. The molecule has 0 aromatic rings. The second-order valence-corrected chi connectivity index (χ2v) is 3.63. The van der Waals surface area contributed by atoms with Crippen molar-refractivity contribution in [1.82, 2.24) is 5.32 Å². The van der Waals surface area contributed by atoms with E-state index in [9.17, 15) is 4.79 Å². The third-order valence-corrected chi connectivity index (χ3v) is 2.38. The number of ether oxygens (including phenoxy) is 1. The van der Waals surface area contributed by atoms with Gasteiger partial charge in [0.15, 0.2) is 6.23 Å². The van der Waals surface area contributed by atoms with Crippen LogP contribution in [0.15, 0.2) is 9.52 Å². The van der Waals surface area contributed by atoms with Crippen molar-refractivity contribution in [3.8, 4) is 0 Å². The molecule has 2 atom stereocenters. The van der Waals surface area contributed by atoms with Crippen molar-refractivity contribution in [2.24, 2.45) is 0 Å². The lowest BCUT2D eigenvalue weighted by Gasteiger charge is -2.07. The molecule has 0 aliphatic carbocycles. The van der Waals surface area contributed by atoms with E-state index in [-0.39, 0.29) is 15.4 Å². The molecule has 0 bridgehead atoms. The summed E-state index contributed by atoms with van der Waals surface area (Å²) in [7, 11) is 0. The van der Waals surface area contributed by atoms with Crippen LogP contribution in [0, 0.1) is 0 Å². The Balaban J connectivity index is 2.70. The summed E-state index contributed by atoms with van der Waals surface area (Å²) in [5.74, 6) is -0.229. The van der Waals surface area contributed by atoms with Crippen molar-refractivity contribution in [3.05, 3.63) is 9.52 Å². The molecule has 12 heavy (non-hydrogen) atoms. The lowest BCUT2D eigenvalue weighted by atomic mass is 10.4. The minimum atomic E-state index is -0.709. The Morgan fingerprint density at radius 1 is 1.50 bits per heavy atom. The second-order valence-electron chi connectivity index (χ2n) is 2.28. The summed E-state index contributed by atoms with van der Waals surface area (Å²) in [6.07, 6.45) is -1.23. The van der Waals surface area contributed by atoms with E-state index in [1.54, 1.807) is 6.92 Å². The highest BCUT2D eigenvalue weighted by Gasteiger charge is 2.31. The Bertz CT molecular complexity index is 237. The lowest BCUT2D eigenvalue weighted by Crippen LogP contribution is -2.27. The molecule has 3 nitrogen and oxygen atoms in total. The van der Waals surface area contributed by atoms with Gasteiger partial charge in [-0.15, -0.1) is 0 Å². The Hall–Kier alpha value is 0.0400. The van der Waals surface area contributed by atoms with Gasteiger partial charge in [-0.3, -0.25) is 4.79 Å². The van der Waals surface area contributed by atoms with E-state index < -0.39 is 12.3 Å². The molecule has 0 unspecified atom stereocenters. The van der Waals surface area contributed by atoms with E-state index in [0.717, 1.165) is 0 Å². The number of halogens is 3. The van der Waals surface area contributed by atoms with E-state index in [1.807, 2.05) is 0 Å². The lowest BCUT2D eigenvalue weighted by molar-refractivity contribution is -0.122. The third kappa shape index (κ3) is 2.04. The highest BCUT2D eigenvalue weighted by molar-refractivity contribution is 6.59. The maximum Gasteiger partial charge on any atom is 0.251 e. The molecule has 1 fully saturated rings. The summed E-state index contributed by atoms with van der Waals surface area (Å²) < 4.78 is 4.98. The van der Waals surface area contributed by atoms with Gasteiger partial charge in [-0.2, -0.15) is 0 Å². The van der Waals surface area contributed by atoms with Gasteiger partial charge in [0.25, 0.3) is 5.91 Å². The van der Waals surface area contributed by atoms with Crippen molar-refractivity contribution < 1.29 is 9.53 Å². The largest absolute Gasteiger partial charge is 0.340 e. The van der Waals surface area contributed by atoms with Crippen molar-refractivity contribution in [2.45, 2.75) is 19.3 Å². The first-order chi connectivity index (χ1) is 5.52. The average Bonchev–Trinajstić information content (AvgIpc) is 2.30. The van der Waals surface area contributed by atoms with E-state index in [0.29, 0.717) is 0 Å². The molecular formula is C6H6Cl3NO2. The maximum atomic E-state index is 10.9. The fourth-order valence-electron chi connectivity index (χ4n) is 0.769. The SMILES string of the molecule is C[C@H]1O[C@H](C(Cl)=C(Cl)Cl)NC1=O. The van der Waals surface area contributed by atoms with Gasteiger partial charge in [-0.25, -0.2) is 0 Å². The van der Waals surface area contributed by atoms with Gasteiger partial charge < -0.3 is 10.1 Å². The quantitative estimate of drug-likeness (QED) is 0.745. The van der Waals surface area contributed by atoms with Crippen molar-refractivity contribution in [3.63, 3.8) is 0 Å². The molecular weight excluding hydrogens is 224 g/mol. The van der Waals surface area contributed by atoms with E-state index >= 15 is 0 Å². The second kappa shape index (κ2) is 3.83. The molecule has 1 heterocycles. The Kier molecular flexibility index (Phi) is 3.23. The van der Waals surface area contributed by atoms with E-state index in [4.69, 9.17) is 39.5 Å². The molecule has 0 aromatic carbocycles. The zero-order valence-electron chi connectivity index (χ0n) is 6.11. The summed E-state index contributed by atoms with van der Waals surface area (Å²) >= 11 is 16.4. The molecule has 0 spiro atoms. The van der Waals surface area contributed by atoms with Gasteiger partial charge in [0.1, 0.15) is 10.6 Å². The summed E-state index contributed by atoms with van der Waals surface area (Å²) in [6.45, 7) is 1.61. The van der Waals surface area contributed by atoms with Gasteiger partial charge >= 0.3 is 0 Å². The van der Waals surface area contributed by atoms with Gasteiger partial charge in [0.05, 0.1) is 5.03 Å². The molecule has 68 valence electrons. The van der Waals surface area contributed by atoms with Crippen LogP contribution in [0.25, 0.3) is 0 Å². The van der Waals surface area contributed by atoms with Crippen molar-refractivity contribution in [2.75, 3.05) is 0 Å². The van der Waals surface area contributed by atoms with Crippen LogP contribution in [0.4, 0.5) is 0 Å². The highest BCUT2D eigenvalue weighted by Crippen LogP contribution is 2.24. The third-order valence-electron chi connectivity index (χ3n) is 1.39. The zero-order chi connectivity index (χ0) is 9.30. The number of carbonyl (C=O) groups excluding carboxylic acids is 1. The van der Waals surface area contributed by atoms with Crippen LogP contribution in [0.5, 0.6) is 0 Å².